The van der Waals surface area contributed by atoms with Gasteiger partial charge in [0.15, 0.2) is 5.13 Å². The van der Waals surface area contributed by atoms with Crippen molar-refractivity contribution < 1.29 is 8.42 Å². The van der Waals surface area contributed by atoms with Gasteiger partial charge < -0.3 is 5.32 Å². The molecule has 0 aliphatic rings. The van der Waals surface area contributed by atoms with E-state index in [1.54, 1.807) is 0 Å². The smallest absolute Gasteiger partial charge is 0.209 e. The van der Waals surface area contributed by atoms with Gasteiger partial charge in [-0.1, -0.05) is 6.92 Å². The molecule has 0 fully saturated rings. The third-order valence-corrected chi connectivity index (χ3v) is 3.83. The first-order valence-electron chi connectivity index (χ1n) is 5.39. The Hall–Kier alpha value is -0.660. The minimum atomic E-state index is -3.19. The molecule has 0 unspecified atom stereocenters. The average Bonchev–Trinajstić information content (AvgIpc) is 2.58. The lowest BCUT2D eigenvalue weighted by molar-refractivity contribution is 0.476. The van der Waals surface area contributed by atoms with E-state index in [-0.39, 0.29) is 0 Å². The molecule has 0 saturated heterocycles. The number of rotatable bonds is 6. The predicted molar refractivity (Wildman–Crippen MR) is 72.0 cm³/mol. The van der Waals surface area contributed by atoms with E-state index in [9.17, 15) is 8.42 Å². The van der Waals surface area contributed by atoms with Crippen molar-refractivity contribution in [2.75, 3.05) is 18.1 Å². The normalized spacial score (nSPS) is 12.7. The van der Waals surface area contributed by atoms with Crippen LogP contribution in [0.3, 0.4) is 0 Å². The second kappa shape index (κ2) is 5.32. The van der Waals surface area contributed by atoms with E-state index in [1.165, 1.54) is 11.3 Å². The van der Waals surface area contributed by atoms with Gasteiger partial charge in [0.25, 0.3) is 0 Å². The Balaban J connectivity index is 2.54. The third-order valence-electron chi connectivity index (χ3n) is 2.06. The second-order valence-corrected chi connectivity index (χ2v) is 7.22. The standard InChI is InChI=1S/C10H19N3O2S2/c1-5-8-6-16-9(12-8)11-7-10(2,3)13-17(4,14)15/h6,13H,5,7H2,1-4H3,(H,11,12). The van der Waals surface area contributed by atoms with Gasteiger partial charge in [-0.3, -0.25) is 0 Å². The van der Waals surface area contributed by atoms with Crippen LogP contribution in [0.4, 0.5) is 5.13 Å². The number of nitrogens with zero attached hydrogens (tertiary/aromatic N) is 1. The molecular formula is C10H19N3O2S2. The molecule has 0 aromatic carbocycles. The molecule has 5 nitrogen and oxygen atoms in total. The summed E-state index contributed by atoms with van der Waals surface area (Å²) in [6.45, 7) is 6.20. The molecule has 1 heterocycles. The van der Waals surface area contributed by atoms with E-state index in [0.29, 0.717) is 6.54 Å². The summed E-state index contributed by atoms with van der Waals surface area (Å²) in [7, 11) is -3.19. The monoisotopic (exact) mass is 277 g/mol. The molecule has 0 atom stereocenters. The fraction of sp³-hybridized carbons (Fsp3) is 0.700. The lowest BCUT2D eigenvalue weighted by Gasteiger charge is -2.25. The number of sulfonamides is 1. The molecule has 0 amide bonds. The molecule has 1 aromatic heterocycles. The van der Waals surface area contributed by atoms with E-state index in [0.717, 1.165) is 23.5 Å². The van der Waals surface area contributed by atoms with Crippen LogP contribution in [0, 0.1) is 0 Å². The maximum atomic E-state index is 11.2. The molecule has 0 saturated carbocycles. The third kappa shape index (κ3) is 5.47. The largest absolute Gasteiger partial charge is 0.360 e. The fourth-order valence-corrected chi connectivity index (χ4v) is 3.25. The number of anilines is 1. The van der Waals surface area contributed by atoms with Gasteiger partial charge in [0.05, 0.1) is 11.9 Å². The summed E-state index contributed by atoms with van der Waals surface area (Å²) in [5.74, 6) is 0. The summed E-state index contributed by atoms with van der Waals surface area (Å²) in [5, 5.41) is 5.97. The number of hydrogen-bond acceptors (Lipinski definition) is 5. The Morgan fingerprint density at radius 2 is 2.12 bits per heavy atom. The number of thiazole rings is 1. The summed E-state index contributed by atoms with van der Waals surface area (Å²) in [4.78, 5) is 4.36. The topological polar surface area (TPSA) is 71.1 Å². The van der Waals surface area contributed by atoms with Crippen LogP contribution >= 0.6 is 11.3 Å². The van der Waals surface area contributed by atoms with Gasteiger partial charge in [-0.15, -0.1) is 11.3 Å². The van der Waals surface area contributed by atoms with Crippen molar-refractivity contribution in [2.24, 2.45) is 0 Å². The summed E-state index contributed by atoms with van der Waals surface area (Å²) in [5.41, 5.74) is 0.511. The van der Waals surface area contributed by atoms with Crippen LogP contribution in [-0.2, 0) is 16.4 Å². The van der Waals surface area contributed by atoms with Gasteiger partial charge in [0.1, 0.15) is 0 Å². The Morgan fingerprint density at radius 1 is 1.47 bits per heavy atom. The number of hydrogen-bond donors (Lipinski definition) is 2. The van der Waals surface area contributed by atoms with E-state index >= 15 is 0 Å². The molecule has 1 rings (SSSR count). The van der Waals surface area contributed by atoms with Gasteiger partial charge in [-0.25, -0.2) is 18.1 Å². The zero-order valence-electron chi connectivity index (χ0n) is 10.6. The highest BCUT2D eigenvalue weighted by molar-refractivity contribution is 7.88. The van der Waals surface area contributed by atoms with Gasteiger partial charge in [-0.05, 0) is 20.3 Å². The van der Waals surface area contributed by atoms with Crippen molar-refractivity contribution >= 4 is 26.5 Å². The molecule has 2 N–H and O–H groups in total. The highest BCUT2D eigenvalue weighted by Crippen LogP contribution is 2.16. The molecule has 98 valence electrons. The van der Waals surface area contributed by atoms with Crippen molar-refractivity contribution in [3.63, 3.8) is 0 Å². The zero-order valence-corrected chi connectivity index (χ0v) is 12.2. The van der Waals surface area contributed by atoms with Crippen molar-refractivity contribution in [1.82, 2.24) is 9.71 Å². The molecule has 7 heteroatoms. The maximum Gasteiger partial charge on any atom is 0.209 e. The van der Waals surface area contributed by atoms with Crippen LogP contribution in [-0.4, -0.2) is 31.7 Å². The molecule has 1 aromatic rings. The first kappa shape index (κ1) is 14.4. The Bertz CT molecular complexity index is 466. The van der Waals surface area contributed by atoms with E-state index in [4.69, 9.17) is 0 Å². The van der Waals surface area contributed by atoms with Gasteiger partial charge in [0.2, 0.25) is 10.0 Å². The first-order chi connectivity index (χ1) is 7.72. The minimum absolute atomic E-state index is 0.497. The Morgan fingerprint density at radius 3 is 2.59 bits per heavy atom. The maximum absolute atomic E-state index is 11.2. The molecule has 0 radical (unpaired) electrons. The quantitative estimate of drug-likeness (QED) is 0.825. The van der Waals surface area contributed by atoms with Gasteiger partial charge >= 0.3 is 0 Å². The van der Waals surface area contributed by atoms with Gasteiger partial charge in [-0.2, -0.15) is 0 Å². The van der Waals surface area contributed by atoms with Crippen molar-refractivity contribution in [3.05, 3.63) is 11.1 Å². The van der Waals surface area contributed by atoms with E-state index < -0.39 is 15.6 Å². The summed E-state index contributed by atoms with van der Waals surface area (Å²) < 4.78 is 24.9. The zero-order chi connectivity index (χ0) is 13.1. The highest BCUT2D eigenvalue weighted by atomic mass is 32.2. The van der Waals surface area contributed by atoms with Gasteiger partial charge in [0, 0.05) is 17.5 Å². The van der Waals surface area contributed by atoms with Crippen molar-refractivity contribution in [3.8, 4) is 0 Å². The van der Waals surface area contributed by atoms with Crippen LogP contribution in [0.25, 0.3) is 0 Å². The summed E-state index contributed by atoms with van der Waals surface area (Å²) in [6.07, 6.45) is 2.07. The predicted octanol–water partition coefficient (Wildman–Crippen LogP) is 1.45. The minimum Gasteiger partial charge on any atom is -0.360 e. The molecule has 0 bridgehead atoms. The van der Waals surface area contributed by atoms with Crippen LogP contribution < -0.4 is 10.0 Å². The van der Waals surface area contributed by atoms with Crippen molar-refractivity contribution in [2.45, 2.75) is 32.7 Å². The molecule has 0 spiro atoms. The second-order valence-electron chi connectivity index (χ2n) is 4.61. The average molecular weight is 277 g/mol. The summed E-state index contributed by atoms with van der Waals surface area (Å²) in [6, 6.07) is 0. The number of nitrogens with one attached hydrogen (secondary N) is 2. The SMILES string of the molecule is CCc1csc(NCC(C)(C)NS(C)(=O)=O)n1. The molecule has 0 aliphatic carbocycles. The highest BCUT2D eigenvalue weighted by Gasteiger charge is 2.22. The van der Waals surface area contributed by atoms with Crippen LogP contribution in [0.1, 0.15) is 26.5 Å². The molecule has 17 heavy (non-hydrogen) atoms. The van der Waals surface area contributed by atoms with E-state index in [1.807, 2.05) is 26.2 Å². The van der Waals surface area contributed by atoms with E-state index in [2.05, 4.69) is 15.0 Å². The first-order valence-corrected chi connectivity index (χ1v) is 8.16. The Kier molecular flexibility index (Phi) is 4.51. The lowest BCUT2D eigenvalue weighted by Crippen LogP contribution is -2.47. The van der Waals surface area contributed by atoms with Crippen LogP contribution in [0.5, 0.6) is 0 Å². The van der Waals surface area contributed by atoms with Crippen LogP contribution in [0.2, 0.25) is 0 Å². The number of aromatic nitrogens is 1. The van der Waals surface area contributed by atoms with Crippen LogP contribution in [0.15, 0.2) is 5.38 Å². The molecular weight excluding hydrogens is 258 g/mol. The van der Waals surface area contributed by atoms with Crippen molar-refractivity contribution in [1.29, 1.82) is 0 Å². The lowest BCUT2D eigenvalue weighted by atomic mass is 10.1. The summed E-state index contributed by atoms with van der Waals surface area (Å²) >= 11 is 1.53. The molecule has 0 aliphatic heterocycles. The number of aryl methyl sites for hydroxylation is 1. The fourth-order valence-electron chi connectivity index (χ4n) is 1.39. The Labute approximate surface area is 107 Å².